The lowest BCUT2D eigenvalue weighted by Gasteiger charge is -2.14. The van der Waals surface area contributed by atoms with Crippen LogP contribution in [-0.4, -0.2) is 30.2 Å². The fourth-order valence-corrected chi connectivity index (χ4v) is 3.85. The molecule has 0 spiro atoms. The lowest BCUT2D eigenvalue weighted by Crippen LogP contribution is -2.32. The molecule has 2 heterocycles. The van der Waals surface area contributed by atoms with Gasteiger partial charge >= 0.3 is 0 Å². The summed E-state index contributed by atoms with van der Waals surface area (Å²) >= 11 is 0. The van der Waals surface area contributed by atoms with E-state index < -0.39 is 15.9 Å². The zero-order chi connectivity index (χ0) is 15.0. The van der Waals surface area contributed by atoms with Crippen LogP contribution in [0, 0.1) is 0 Å². The number of fused-ring (bicyclic) bond motifs is 1. The average molecular weight is 303 g/mol. The molecule has 0 saturated carbocycles. The van der Waals surface area contributed by atoms with Gasteiger partial charge in [-0.1, -0.05) is 0 Å². The third-order valence-corrected chi connectivity index (χ3v) is 5.22. The van der Waals surface area contributed by atoms with Crippen molar-refractivity contribution in [2.75, 3.05) is 12.3 Å². The highest BCUT2D eigenvalue weighted by Crippen LogP contribution is 2.31. The Morgan fingerprint density at radius 1 is 1.14 bits per heavy atom. The van der Waals surface area contributed by atoms with Crippen LogP contribution in [0.4, 0.5) is 5.69 Å². The number of hydrogen-bond acceptors (Lipinski definition) is 5. The van der Waals surface area contributed by atoms with Gasteiger partial charge in [0.25, 0.3) is 15.9 Å². The first kappa shape index (κ1) is 13.6. The van der Waals surface area contributed by atoms with Crippen LogP contribution >= 0.6 is 0 Å². The molecule has 0 aliphatic carbocycles. The number of carbonyl (C=O) groups is 1. The number of nitrogen functional groups attached to an aromatic ring is 1. The van der Waals surface area contributed by atoms with Crippen molar-refractivity contribution in [3.8, 4) is 0 Å². The molecule has 0 radical (unpaired) electrons. The summed E-state index contributed by atoms with van der Waals surface area (Å²) in [6.45, 7) is 0.0970. The molecular formula is C14H13N3O3S. The first-order valence-corrected chi connectivity index (χ1v) is 7.79. The number of sulfonamides is 1. The normalized spacial score (nSPS) is 16.0. The third-order valence-electron chi connectivity index (χ3n) is 3.38. The Hall–Kier alpha value is -2.41. The van der Waals surface area contributed by atoms with Crippen molar-refractivity contribution in [3.63, 3.8) is 0 Å². The Labute approximate surface area is 122 Å². The summed E-state index contributed by atoms with van der Waals surface area (Å²) < 4.78 is 25.7. The maximum Gasteiger partial charge on any atom is 0.269 e. The lowest BCUT2D eigenvalue weighted by molar-refractivity contribution is 0.0872. The van der Waals surface area contributed by atoms with Crippen LogP contribution in [-0.2, 0) is 16.4 Å². The second-order valence-electron chi connectivity index (χ2n) is 4.74. The lowest BCUT2D eigenvalue weighted by atomic mass is 10.1. The summed E-state index contributed by atoms with van der Waals surface area (Å²) in [5, 5.41) is 0. The zero-order valence-electron chi connectivity index (χ0n) is 11.1. The zero-order valence-corrected chi connectivity index (χ0v) is 11.9. The van der Waals surface area contributed by atoms with Gasteiger partial charge in [0.15, 0.2) is 0 Å². The molecule has 1 aliphatic heterocycles. The van der Waals surface area contributed by atoms with E-state index in [1.807, 2.05) is 0 Å². The monoisotopic (exact) mass is 303 g/mol. The second-order valence-corrected chi connectivity index (χ2v) is 6.57. The van der Waals surface area contributed by atoms with E-state index in [9.17, 15) is 13.2 Å². The van der Waals surface area contributed by atoms with Crippen LogP contribution < -0.4 is 5.73 Å². The minimum atomic E-state index is -3.77. The van der Waals surface area contributed by atoms with Crippen LogP contribution in [0.3, 0.4) is 0 Å². The van der Waals surface area contributed by atoms with Crippen molar-refractivity contribution >= 4 is 21.6 Å². The highest BCUT2D eigenvalue weighted by atomic mass is 32.2. The van der Waals surface area contributed by atoms with E-state index in [-0.39, 0.29) is 17.0 Å². The summed E-state index contributed by atoms with van der Waals surface area (Å²) in [4.78, 5) is 16.2. The molecule has 2 N–H and O–H groups in total. The van der Waals surface area contributed by atoms with Crippen LogP contribution in [0.2, 0.25) is 0 Å². The van der Waals surface area contributed by atoms with Gasteiger partial charge in [0.2, 0.25) is 0 Å². The maximum atomic E-state index is 12.4. The van der Waals surface area contributed by atoms with Gasteiger partial charge in [-0.05, 0) is 42.3 Å². The molecule has 1 amide bonds. The van der Waals surface area contributed by atoms with Crippen molar-refractivity contribution < 1.29 is 13.2 Å². The number of benzene rings is 1. The largest absolute Gasteiger partial charge is 0.399 e. The number of pyridine rings is 1. The minimum Gasteiger partial charge on any atom is -0.399 e. The number of carbonyl (C=O) groups excluding carboxylic acids is 1. The van der Waals surface area contributed by atoms with Crippen molar-refractivity contribution in [2.45, 2.75) is 11.3 Å². The predicted molar refractivity (Wildman–Crippen MR) is 77.0 cm³/mol. The summed E-state index contributed by atoms with van der Waals surface area (Å²) in [5.74, 6) is -0.522. The van der Waals surface area contributed by atoms with Crippen molar-refractivity contribution in [1.82, 2.24) is 9.29 Å². The first-order chi connectivity index (χ1) is 10.00. The molecule has 2 aromatic rings. The Balaban J connectivity index is 1.90. The van der Waals surface area contributed by atoms with Crippen LogP contribution in [0.1, 0.15) is 15.9 Å². The minimum absolute atomic E-state index is 0.0245. The Bertz CT molecular complexity index is 803. The summed E-state index contributed by atoms with van der Waals surface area (Å²) in [6, 6.07) is 7.85. The van der Waals surface area contributed by atoms with E-state index in [2.05, 4.69) is 4.98 Å². The number of hydrogen-bond donors (Lipinski definition) is 1. The van der Waals surface area contributed by atoms with E-state index in [1.165, 1.54) is 18.2 Å². The Morgan fingerprint density at radius 3 is 2.57 bits per heavy atom. The summed E-state index contributed by atoms with van der Waals surface area (Å²) in [5.41, 5.74) is 7.05. The highest BCUT2D eigenvalue weighted by Gasteiger charge is 2.40. The van der Waals surface area contributed by atoms with E-state index >= 15 is 0 Å². The predicted octanol–water partition coefficient (Wildman–Crippen LogP) is 1.05. The van der Waals surface area contributed by atoms with E-state index in [1.54, 1.807) is 24.5 Å². The molecule has 1 aromatic carbocycles. The summed E-state index contributed by atoms with van der Waals surface area (Å²) in [6.07, 6.45) is 3.70. The molecule has 3 rings (SSSR count). The van der Waals surface area contributed by atoms with Gasteiger partial charge in [-0.25, -0.2) is 12.7 Å². The van der Waals surface area contributed by atoms with Crippen LogP contribution in [0.5, 0.6) is 0 Å². The molecule has 0 fully saturated rings. The molecule has 108 valence electrons. The molecule has 21 heavy (non-hydrogen) atoms. The van der Waals surface area contributed by atoms with E-state index in [0.717, 1.165) is 9.87 Å². The number of aromatic nitrogens is 1. The summed E-state index contributed by atoms with van der Waals surface area (Å²) in [7, 11) is -3.77. The average Bonchev–Trinajstić information content (AvgIpc) is 2.65. The molecule has 0 atom stereocenters. The smallest absolute Gasteiger partial charge is 0.269 e. The molecule has 0 saturated heterocycles. The van der Waals surface area contributed by atoms with Gasteiger partial charge in [-0.2, -0.15) is 0 Å². The van der Waals surface area contributed by atoms with Crippen LogP contribution in [0.25, 0.3) is 0 Å². The fourth-order valence-electron chi connectivity index (χ4n) is 2.30. The topological polar surface area (TPSA) is 93.4 Å². The van der Waals surface area contributed by atoms with Gasteiger partial charge in [-0.15, -0.1) is 0 Å². The van der Waals surface area contributed by atoms with Crippen molar-refractivity contribution in [1.29, 1.82) is 0 Å². The standard InChI is InChI=1S/C14H13N3O3S/c15-11-1-2-13-12(9-11)14(18)17(21(13,19)20)8-5-10-3-6-16-7-4-10/h1-4,6-7,9H,5,8,15H2. The van der Waals surface area contributed by atoms with Gasteiger partial charge < -0.3 is 5.73 Å². The van der Waals surface area contributed by atoms with Crippen LogP contribution in [0.15, 0.2) is 47.6 Å². The second kappa shape index (κ2) is 4.85. The Kier molecular flexibility index (Phi) is 3.13. The SMILES string of the molecule is Nc1ccc2c(c1)C(=O)N(CCc1ccncc1)S2(=O)=O. The number of rotatable bonds is 3. The number of anilines is 1. The molecule has 0 unspecified atom stereocenters. The number of amides is 1. The van der Waals surface area contributed by atoms with Gasteiger partial charge in [0.1, 0.15) is 4.90 Å². The molecule has 1 aromatic heterocycles. The van der Waals surface area contributed by atoms with Gasteiger partial charge in [0.05, 0.1) is 5.56 Å². The van der Waals surface area contributed by atoms with E-state index in [4.69, 9.17) is 5.73 Å². The first-order valence-electron chi connectivity index (χ1n) is 6.35. The maximum absolute atomic E-state index is 12.4. The number of nitrogens with zero attached hydrogens (tertiary/aromatic N) is 2. The van der Waals surface area contributed by atoms with Crippen molar-refractivity contribution in [3.05, 3.63) is 53.9 Å². The molecule has 0 bridgehead atoms. The molecule has 6 nitrogen and oxygen atoms in total. The van der Waals surface area contributed by atoms with Gasteiger partial charge in [-0.3, -0.25) is 9.78 Å². The fraction of sp³-hybridized carbons (Fsp3) is 0.143. The third kappa shape index (κ3) is 2.25. The molecular weight excluding hydrogens is 290 g/mol. The number of nitrogens with two attached hydrogens (primary N) is 1. The van der Waals surface area contributed by atoms with Crippen molar-refractivity contribution in [2.24, 2.45) is 0 Å². The molecule has 7 heteroatoms. The van der Waals surface area contributed by atoms with Gasteiger partial charge in [0, 0.05) is 24.6 Å². The molecule has 1 aliphatic rings. The Morgan fingerprint density at radius 2 is 1.86 bits per heavy atom. The van der Waals surface area contributed by atoms with E-state index in [0.29, 0.717) is 12.1 Å². The highest BCUT2D eigenvalue weighted by molar-refractivity contribution is 7.90. The quantitative estimate of drug-likeness (QED) is 0.855.